The van der Waals surface area contributed by atoms with E-state index in [1.54, 1.807) is 24.3 Å². The summed E-state index contributed by atoms with van der Waals surface area (Å²) >= 11 is 0. The Labute approximate surface area is 166 Å². The third-order valence-corrected chi connectivity index (χ3v) is 5.85. The lowest BCUT2D eigenvalue weighted by molar-refractivity contribution is 0.0933. The van der Waals surface area contributed by atoms with Crippen molar-refractivity contribution < 1.29 is 13.2 Å². The molecule has 1 fully saturated rings. The maximum Gasteiger partial charge on any atom is 0.261 e. The minimum absolute atomic E-state index is 0. The molecular weight excluding hydrogens is 386 g/mol. The molecule has 1 saturated carbocycles. The van der Waals surface area contributed by atoms with Gasteiger partial charge in [0.25, 0.3) is 15.9 Å². The topological polar surface area (TPSA) is 101 Å². The number of nitrogens with two attached hydrogens (primary N) is 1. The van der Waals surface area contributed by atoms with Crippen LogP contribution in [0.25, 0.3) is 0 Å². The molecule has 2 aromatic carbocycles. The average molecular weight is 410 g/mol. The summed E-state index contributed by atoms with van der Waals surface area (Å²) in [5, 5.41) is 2.90. The highest BCUT2D eigenvalue weighted by Gasteiger charge is 2.31. The Morgan fingerprint density at radius 1 is 1.19 bits per heavy atom. The van der Waals surface area contributed by atoms with Crippen LogP contribution in [0, 0.1) is 12.8 Å². The van der Waals surface area contributed by atoms with Crippen molar-refractivity contribution in [2.45, 2.75) is 30.7 Å². The van der Waals surface area contributed by atoms with Gasteiger partial charge in [-0.25, -0.2) is 8.42 Å². The maximum absolute atomic E-state index is 12.6. The molecule has 1 aliphatic rings. The van der Waals surface area contributed by atoms with Gasteiger partial charge in [0.15, 0.2) is 0 Å². The van der Waals surface area contributed by atoms with E-state index in [4.69, 9.17) is 5.73 Å². The number of benzene rings is 2. The molecule has 4 N–H and O–H groups in total. The number of rotatable bonds is 7. The van der Waals surface area contributed by atoms with Crippen LogP contribution in [-0.4, -0.2) is 26.9 Å². The Morgan fingerprint density at radius 2 is 1.85 bits per heavy atom. The van der Waals surface area contributed by atoms with Crippen molar-refractivity contribution in [2.24, 2.45) is 11.7 Å². The van der Waals surface area contributed by atoms with Crippen molar-refractivity contribution in [1.82, 2.24) is 5.32 Å². The van der Waals surface area contributed by atoms with Gasteiger partial charge in [-0.15, -0.1) is 12.4 Å². The molecule has 27 heavy (non-hydrogen) atoms. The smallest absolute Gasteiger partial charge is 0.261 e. The van der Waals surface area contributed by atoms with E-state index in [-0.39, 0.29) is 29.3 Å². The molecule has 1 atom stereocenters. The number of sulfonamides is 1. The molecular formula is C19H24ClN3O3S. The van der Waals surface area contributed by atoms with E-state index in [1.165, 1.54) is 12.1 Å². The van der Waals surface area contributed by atoms with Gasteiger partial charge in [-0.2, -0.15) is 0 Å². The van der Waals surface area contributed by atoms with Crippen LogP contribution in [0.2, 0.25) is 0 Å². The van der Waals surface area contributed by atoms with E-state index in [0.29, 0.717) is 23.7 Å². The molecule has 0 bridgehead atoms. The summed E-state index contributed by atoms with van der Waals surface area (Å²) in [6, 6.07) is 13.0. The normalized spacial score (nSPS) is 14.7. The first kappa shape index (κ1) is 21.2. The second-order valence-electron chi connectivity index (χ2n) is 6.65. The predicted octanol–water partition coefficient (Wildman–Crippen LogP) is 2.68. The number of hydrogen-bond donors (Lipinski definition) is 3. The molecule has 8 heteroatoms. The Bertz CT molecular complexity index is 897. The highest BCUT2D eigenvalue weighted by atomic mass is 35.5. The highest BCUT2D eigenvalue weighted by molar-refractivity contribution is 7.92. The zero-order valence-corrected chi connectivity index (χ0v) is 16.6. The van der Waals surface area contributed by atoms with Crippen LogP contribution in [0.1, 0.15) is 28.8 Å². The van der Waals surface area contributed by atoms with Crippen LogP contribution < -0.4 is 15.8 Å². The van der Waals surface area contributed by atoms with Crippen molar-refractivity contribution in [3.8, 4) is 0 Å². The van der Waals surface area contributed by atoms with Crippen LogP contribution >= 0.6 is 12.4 Å². The largest absolute Gasteiger partial charge is 0.348 e. The summed E-state index contributed by atoms with van der Waals surface area (Å²) in [7, 11) is -3.77. The molecule has 0 radical (unpaired) electrons. The lowest BCUT2D eigenvalue weighted by Crippen LogP contribution is -2.41. The molecule has 3 rings (SSSR count). The first-order valence-corrected chi connectivity index (χ1v) is 10.1. The number of nitrogens with one attached hydrogen (secondary N) is 2. The molecule has 146 valence electrons. The Kier molecular flexibility index (Phi) is 6.86. The monoisotopic (exact) mass is 409 g/mol. The third-order valence-electron chi connectivity index (χ3n) is 4.47. The van der Waals surface area contributed by atoms with Crippen molar-refractivity contribution in [2.75, 3.05) is 11.3 Å². The minimum Gasteiger partial charge on any atom is -0.348 e. The van der Waals surface area contributed by atoms with E-state index in [0.717, 1.165) is 18.4 Å². The van der Waals surface area contributed by atoms with Gasteiger partial charge in [0, 0.05) is 23.8 Å². The minimum atomic E-state index is -3.77. The van der Waals surface area contributed by atoms with Crippen LogP contribution in [0.3, 0.4) is 0 Å². The Hall–Kier alpha value is -2.09. The molecule has 0 aromatic heterocycles. The number of hydrogen-bond acceptors (Lipinski definition) is 4. The fourth-order valence-electron chi connectivity index (χ4n) is 2.76. The Morgan fingerprint density at radius 3 is 2.44 bits per heavy atom. The van der Waals surface area contributed by atoms with Gasteiger partial charge < -0.3 is 11.1 Å². The molecule has 1 unspecified atom stereocenters. The zero-order valence-electron chi connectivity index (χ0n) is 15.0. The fraction of sp³-hybridized carbons (Fsp3) is 0.316. The summed E-state index contributed by atoms with van der Waals surface area (Å²) < 4.78 is 27.7. The molecule has 6 nitrogen and oxygen atoms in total. The molecule has 0 saturated heterocycles. The lowest BCUT2D eigenvalue weighted by atomic mass is 10.1. The number of halogens is 1. The van der Waals surface area contributed by atoms with Crippen LogP contribution in [0.4, 0.5) is 5.69 Å². The first-order valence-electron chi connectivity index (χ1n) is 8.59. The van der Waals surface area contributed by atoms with Crippen molar-refractivity contribution in [1.29, 1.82) is 0 Å². The van der Waals surface area contributed by atoms with Crippen LogP contribution in [0.15, 0.2) is 53.4 Å². The number of anilines is 1. The summed E-state index contributed by atoms with van der Waals surface area (Å²) in [5.74, 6) is 0.124. The van der Waals surface area contributed by atoms with E-state index in [9.17, 15) is 13.2 Å². The summed E-state index contributed by atoms with van der Waals surface area (Å²) in [5.41, 5.74) is 7.53. The Balaban J connectivity index is 0.00000261. The van der Waals surface area contributed by atoms with Gasteiger partial charge in [0.1, 0.15) is 0 Å². The maximum atomic E-state index is 12.6. The van der Waals surface area contributed by atoms with Gasteiger partial charge in [-0.1, -0.05) is 23.8 Å². The van der Waals surface area contributed by atoms with E-state index in [2.05, 4.69) is 10.0 Å². The molecule has 1 aliphatic carbocycles. The molecule has 0 heterocycles. The predicted molar refractivity (Wildman–Crippen MR) is 109 cm³/mol. The van der Waals surface area contributed by atoms with Crippen molar-refractivity contribution in [3.63, 3.8) is 0 Å². The molecule has 0 spiro atoms. The zero-order chi connectivity index (χ0) is 18.7. The van der Waals surface area contributed by atoms with Gasteiger partial charge in [-0.3, -0.25) is 9.52 Å². The summed E-state index contributed by atoms with van der Waals surface area (Å²) in [4.78, 5) is 12.5. The second-order valence-corrected chi connectivity index (χ2v) is 8.33. The number of amides is 1. The van der Waals surface area contributed by atoms with Gasteiger partial charge in [0.05, 0.1) is 4.90 Å². The molecule has 1 amide bonds. The third kappa shape index (κ3) is 5.45. The van der Waals surface area contributed by atoms with Crippen molar-refractivity contribution in [3.05, 3.63) is 59.7 Å². The van der Waals surface area contributed by atoms with Gasteiger partial charge >= 0.3 is 0 Å². The quantitative estimate of drug-likeness (QED) is 0.654. The lowest BCUT2D eigenvalue weighted by Gasteiger charge is -2.16. The SMILES string of the molecule is Cc1ccc(NS(=O)(=O)c2cccc(C(=O)NC(CN)C3CC3)c2)cc1.Cl. The van der Waals surface area contributed by atoms with E-state index < -0.39 is 10.0 Å². The van der Waals surface area contributed by atoms with E-state index >= 15 is 0 Å². The number of carbonyl (C=O) groups excluding carboxylic acids is 1. The number of aryl methyl sites for hydroxylation is 1. The van der Waals surface area contributed by atoms with Crippen LogP contribution in [-0.2, 0) is 10.0 Å². The van der Waals surface area contributed by atoms with E-state index in [1.807, 2.05) is 19.1 Å². The first-order chi connectivity index (χ1) is 12.4. The summed E-state index contributed by atoms with van der Waals surface area (Å²) in [6.45, 7) is 2.31. The fourth-order valence-corrected chi connectivity index (χ4v) is 3.86. The average Bonchev–Trinajstić information content (AvgIpc) is 3.46. The van der Waals surface area contributed by atoms with Gasteiger partial charge in [-0.05, 0) is 56.0 Å². The molecule has 2 aromatic rings. The van der Waals surface area contributed by atoms with Gasteiger partial charge in [0.2, 0.25) is 0 Å². The number of carbonyl (C=O) groups is 1. The summed E-state index contributed by atoms with van der Waals surface area (Å²) in [6.07, 6.45) is 2.13. The second kappa shape index (κ2) is 8.73. The highest BCUT2D eigenvalue weighted by Crippen LogP contribution is 2.32. The standard InChI is InChI=1S/C19H23N3O3S.ClH/c1-13-5-9-16(10-6-13)22-26(24,25)17-4-2-3-15(11-17)19(23)21-18(12-20)14-7-8-14;/h2-6,9-11,14,18,22H,7-8,12,20H2,1H3,(H,21,23);1H. The van der Waals surface area contributed by atoms with Crippen LogP contribution in [0.5, 0.6) is 0 Å². The molecule has 0 aliphatic heterocycles. The van der Waals surface area contributed by atoms with Crippen molar-refractivity contribution >= 4 is 34.0 Å².